The molecule has 0 radical (unpaired) electrons. The number of hydrogen-bond acceptors (Lipinski definition) is 4. The lowest BCUT2D eigenvalue weighted by Crippen LogP contribution is -2.08. The van der Waals surface area contributed by atoms with E-state index in [-0.39, 0.29) is 23.0 Å². The van der Waals surface area contributed by atoms with Gasteiger partial charge < -0.3 is 10.4 Å². The van der Waals surface area contributed by atoms with Crippen molar-refractivity contribution in [3.8, 4) is 0 Å². The highest BCUT2D eigenvalue weighted by Crippen LogP contribution is 2.33. The van der Waals surface area contributed by atoms with Crippen molar-refractivity contribution >= 4 is 17.3 Å². The molecule has 1 aromatic rings. The van der Waals surface area contributed by atoms with E-state index in [1.54, 1.807) is 0 Å². The second-order valence-corrected chi connectivity index (χ2v) is 3.68. The topological polar surface area (TPSA) is 92.5 Å². The summed E-state index contributed by atoms with van der Waals surface area (Å²) >= 11 is 0. The van der Waals surface area contributed by atoms with Gasteiger partial charge in [-0.05, 0) is 25.0 Å². The van der Waals surface area contributed by atoms with Crippen molar-refractivity contribution in [1.82, 2.24) is 0 Å². The van der Waals surface area contributed by atoms with Crippen LogP contribution in [0.3, 0.4) is 0 Å². The van der Waals surface area contributed by atoms with E-state index in [1.807, 2.05) is 0 Å². The number of hydrogen-bond donors (Lipinski definition) is 2. The summed E-state index contributed by atoms with van der Waals surface area (Å²) in [4.78, 5) is 21.0. The van der Waals surface area contributed by atoms with Crippen molar-refractivity contribution in [3.05, 3.63) is 33.9 Å². The Balaban J connectivity index is 2.45. The Kier molecular flexibility index (Phi) is 2.47. The smallest absolute Gasteiger partial charge is 0.342 e. The van der Waals surface area contributed by atoms with E-state index in [0.717, 1.165) is 12.8 Å². The molecular formula is C10H10N2O4. The van der Waals surface area contributed by atoms with Crippen molar-refractivity contribution in [2.45, 2.75) is 18.9 Å². The van der Waals surface area contributed by atoms with Gasteiger partial charge in [0.15, 0.2) is 0 Å². The zero-order chi connectivity index (χ0) is 11.7. The van der Waals surface area contributed by atoms with E-state index in [0.29, 0.717) is 0 Å². The van der Waals surface area contributed by atoms with Gasteiger partial charge in [-0.15, -0.1) is 0 Å². The number of benzene rings is 1. The first-order chi connectivity index (χ1) is 7.59. The lowest BCUT2D eigenvalue weighted by Gasteiger charge is -2.06. The maximum atomic E-state index is 10.9. The van der Waals surface area contributed by atoms with Crippen LogP contribution in [0.4, 0.5) is 11.4 Å². The molecule has 16 heavy (non-hydrogen) atoms. The Hall–Kier alpha value is -2.11. The summed E-state index contributed by atoms with van der Waals surface area (Å²) in [5, 5.41) is 22.7. The van der Waals surface area contributed by atoms with Gasteiger partial charge in [0.1, 0.15) is 11.3 Å². The highest BCUT2D eigenvalue weighted by atomic mass is 16.6. The van der Waals surface area contributed by atoms with Crippen LogP contribution in [0.2, 0.25) is 0 Å². The number of carboxylic acids is 1. The molecule has 2 rings (SSSR count). The van der Waals surface area contributed by atoms with Gasteiger partial charge in [-0.2, -0.15) is 0 Å². The van der Waals surface area contributed by atoms with Crippen LogP contribution >= 0.6 is 0 Å². The minimum atomic E-state index is -1.29. The fourth-order valence-electron chi connectivity index (χ4n) is 1.48. The van der Waals surface area contributed by atoms with Gasteiger partial charge in [0.05, 0.1) is 4.92 Å². The Bertz CT molecular complexity index is 454. The summed E-state index contributed by atoms with van der Waals surface area (Å²) in [5.41, 5.74) is -0.357. The number of nitrogens with zero attached hydrogens (tertiary/aromatic N) is 1. The fraction of sp³-hybridized carbons (Fsp3) is 0.300. The first-order valence-electron chi connectivity index (χ1n) is 4.87. The lowest BCUT2D eigenvalue weighted by molar-refractivity contribution is -0.384. The Labute approximate surface area is 91.0 Å². The van der Waals surface area contributed by atoms with Gasteiger partial charge in [-0.25, -0.2) is 4.79 Å². The number of carbonyl (C=O) groups is 1. The number of nitro groups is 1. The predicted octanol–water partition coefficient (Wildman–Crippen LogP) is 1.87. The normalized spacial score (nSPS) is 14.5. The molecule has 84 valence electrons. The molecule has 0 unspecified atom stereocenters. The molecule has 0 aromatic heterocycles. The van der Waals surface area contributed by atoms with E-state index < -0.39 is 10.9 Å². The molecule has 1 aliphatic rings. The first kappa shape index (κ1) is 10.4. The molecule has 1 aromatic carbocycles. The van der Waals surface area contributed by atoms with E-state index in [1.165, 1.54) is 18.2 Å². The predicted molar refractivity (Wildman–Crippen MR) is 56.7 cm³/mol. The average molecular weight is 222 g/mol. The molecule has 2 N–H and O–H groups in total. The zero-order valence-corrected chi connectivity index (χ0v) is 8.34. The van der Waals surface area contributed by atoms with Crippen LogP contribution in [0.25, 0.3) is 0 Å². The second kappa shape index (κ2) is 3.80. The van der Waals surface area contributed by atoms with Crippen LogP contribution in [0.1, 0.15) is 23.2 Å². The SMILES string of the molecule is O=C(O)c1cccc(NC2CC2)c1[N+](=O)[O-]. The average Bonchev–Trinajstić information content (AvgIpc) is 3.00. The molecule has 1 fully saturated rings. The third-order valence-electron chi connectivity index (χ3n) is 2.39. The van der Waals surface area contributed by atoms with E-state index in [2.05, 4.69) is 5.32 Å². The van der Waals surface area contributed by atoms with Gasteiger partial charge >= 0.3 is 11.7 Å². The summed E-state index contributed by atoms with van der Waals surface area (Å²) in [5.74, 6) is -1.29. The minimum Gasteiger partial charge on any atom is -0.477 e. The van der Waals surface area contributed by atoms with Crippen LogP contribution in [0.5, 0.6) is 0 Å². The van der Waals surface area contributed by atoms with Crippen molar-refractivity contribution in [1.29, 1.82) is 0 Å². The molecule has 6 nitrogen and oxygen atoms in total. The summed E-state index contributed by atoms with van der Waals surface area (Å²) in [6.07, 6.45) is 1.93. The summed E-state index contributed by atoms with van der Waals surface area (Å²) in [6, 6.07) is 4.51. The molecule has 0 saturated heterocycles. The lowest BCUT2D eigenvalue weighted by atomic mass is 10.1. The third kappa shape index (κ3) is 1.95. The van der Waals surface area contributed by atoms with Gasteiger partial charge in [0.2, 0.25) is 0 Å². The molecule has 6 heteroatoms. The minimum absolute atomic E-state index is 0.239. The van der Waals surface area contributed by atoms with Crippen molar-refractivity contribution in [2.24, 2.45) is 0 Å². The first-order valence-corrected chi connectivity index (χ1v) is 4.87. The molecule has 0 atom stereocenters. The monoisotopic (exact) mass is 222 g/mol. The van der Waals surface area contributed by atoms with E-state index in [9.17, 15) is 14.9 Å². The molecule has 0 spiro atoms. The van der Waals surface area contributed by atoms with Crippen LogP contribution in [0, 0.1) is 10.1 Å². The van der Waals surface area contributed by atoms with Crippen molar-refractivity contribution < 1.29 is 14.8 Å². The standard InChI is InChI=1S/C10H10N2O4/c13-10(14)7-2-1-3-8(9(7)12(15)16)11-6-4-5-6/h1-3,6,11H,4-5H2,(H,13,14). The van der Waals surface area contributed by atoms with E-state index in [4.69, 9.17) is 5.11 Å². The number of carboxylic acid groups (broad SMARTS) is 1. The molecule has 0 aliphatic heterocycles. The molecule has 1 aliphatic carbocycles. The van der Waals surface area contributed by atoms with Crippen molar-refractivity contribution in [2.75, 3.05) is 5.32 Å². The molecular weight excluding hydrogens is 212 g/mol. The fourth-order valence-corrected chi connectivity index (χ4v) is 1.48. The van der Waals surface area contributed by atoms with Gasteiger partial charge in [0, 0.05) is 6.04 Å². The van der Waals surface area contributed by atoms with Gasteiger partial charge in [-0.1, -0.05) is 6.07 Å². The van der Waals surface area contributed by atoms with Crippen LogP contribution in [-0.4, -0.2) is 22.0 Å². The summed E-state index contributed by atoms with van der Waals surface area (Å²) < 4.78 is 0. The number of para-hydroxylation sites is 1. The highest BCUT2D eigenvalue weighted by Gasteiger charge is 2.28. The zero-order valence-electron chi connectivity index (χ0n) is 8.34. The highest BCUT2D eigenvalue weighted by molar-refractivity contribution is 5.95. The largest absolute Gasteiger partial charge is 0.477 e. The number of nitrogens with one attached hydrogen (secondary N) is 1. The number of anilines is 1. The molecule has 0 bridgehead atoms. The maximum absolute atomic E-state index is 10.9. The molecule has 0 heterocycles. The van der Waals surface area contributed by atoms with Gasteiger partial charge in [-0.3, -0.25) is 10.1 Å². The third-order valence-corrected chi connectivity index (χ3v) is 2.39. The Morgan fingerprint density at radius 2 is 2.19 bits per heavy atom. The molecule has 1 saturated carbocycles. The van der Waals surface area contributed by atoms with Crippen LogP contribution in [0.15, 0.2) is 18.2 Å². The quantitative estimate of drug-likeness (QED) is 0.599. The van der Waals surface area contributed by atoms with Gasteiger partial charge in [0.25, 0.3) is 0 Å². The van der Waals surface area contributed by atoms with Crippen molar-refractivity contribution in [3.63, 3.8) is 0 Å². The Morgan fingerprint density at radius 3 is 2.69 bits per heavy atom. The number of aromatic carboxylic acids is 1. The second-order valence-electron chi connectivity index (χ2n) is 3.68. The van der Waals surface area contributed by atoms with Crippen LogP contribution < -0.4 is 5.32 Å². The van der Waals surface area contributed by atoms with Crippen LogP contribution in [-0.2, 0) is 0 Å². The van der Waals surface area contributed by atoms with E-state index >= 15 is 0 Å². The summed E-state index contributed by atoms with van der Waals surface area (Å²) in [7, 11) is 0. The maximum Gasteiger partial charge on any atom is 0.342 e. The molecule has 0 amide bonds. The summed E-state index contributed by atoms with van der Waals surface area (Å²) in [6.45, 7) is 0. The Morgan fingerprint density at radius 1 is 1.50 bits per heavy atom. The number of rotatable bonds is 4. The number of nitro benzene ring substituents is 1.